The molecule has 2 heterocycles. The van der Waals surface area contributed by atoms with Crippen LogP contribution in [0.4, 0.5) is 0 Å². The second-order valence-electron chi connectivity index (χ2n) is 6.14. The quantitative estimate of drug-likeness (QED) is 0.859. The number of aromatic nitrogens is 1. The molecule has 1 fully saturated rings. The minimum Gasteiger partial charge on any atom is -0.480 e. The van der Waals surface area contributed by atoms with Gasteiger partial charge in [-0.15, -0.1) is 0 Å². The topological polar surface area (TPSA) is 66.2 Å². The van der Waals surface area contributed by atoms with E-state index in [9.17, 15) is 10.1 Å². The predicted molar refractivity (Wildman–Crippen MR) is 94.3 cm³/mol. The second kappa shape index (κ2) is 7.80. The smallest absolute Gasteiger partial charge is 0.259 e. The number of pyridine rings is 1. The summed E-state index contributed by atoms with van der Waals surface area (Å²) < 4.78 is 5.24. The van der Waals surface area contributed by atoms with Gasteiger partial charge in [-0.05, 0) is 37.0 Å². The first-order chi connectivity index (χ1) is 12.3. The minimum absolute atomic E-state index is 0.120. The second-order valence-corrected chi connectivity index (χ2v) is 6.14. The Bertz CT molecular complexity index is 770. The fourth-order valence-electron chi connectivity index (χ4n) is 3.47. The number of rotatable bonds is 4. The molecule has 1 amide bonds. The first-order valence-electron chi connectivity index (χ1n) is 8.50. The molecule has 1 saturated heterocycles. The Kier molecular flexibility index (Phi) is 5.30. The molecule has 5 nitrogen and oxygen atoms in total. The maximum absolute atomic E-state index is 13.1. The van der Waals surface area contributed by atoms with Crippen molar-refractivity contribution < 1.29 is 9.53 Å². The van der Waals surface area contributed by atoms with E-state index in [4.69, 9.17) is 4.74 Å². The third-order valence-electron chi connectivity index (χ3n) is 4.69. The van der Waals surface area contributed by atoms with Gasteiger partial charge in [0.05, 0.1) is 25.1 Å². The Balaban J connectivity index is 1.93. The standard InChI is InChI=1S/C20H21N3O2/c1-25-19-16(10-7-12-22-19)20(24)23-13-6-5-11-18(23)17(14-21)15-8-3-2-4-9-15/h2-4,7-10,12,17-18H,5-6,11,13H2,1H3/t17-,18+/m1/s1. The lowest BCUT2D eigenvalue weighted by Crippen LogP contribution is -2.46. The molecule has 2 atom stereocenters. The van der Waals surface area contributed by atoms with Crippen LogP contribution in [-0.4, -0.2) is 35.5 Å². The maximum Gasteiger partial charge on any atom is 0.259 e. The molecule has 1 aromatic heterocycles. The Morgan fingerprint density at radius 2 is 2.08 bits per heavy atom. The molecular weight excluding hydrogens is 314 g/mol. The van der Waals surface area contributed by atoms with Crippen LogP contribution in [0.25, 0.3) is 0 Å². The molecule has 0 saturated carbocycles. The minimum atomic E-state index is -0.340. The van der Waals surface area contributed by atoms with Gasteiger partial charge in [0.1, 0.15) is 5.56 Å². The molecule has 0 aliphatic carbocycles. The number of nitrogens with zero attached hydrogens (tertiary/aromatic N) is 3. The van der Waals surface area contributed by atoms with Crippen LogP contribution in [0.15, 0.2) is 48.7 Å². The van der Waals surface area contributed by atoms with Gasteiger partial charge in [0.15, 0.2) is 0 Å². The van der Waals surface area contributed by atoms with Crippen LogP contribution in [-0.2, 0) is 0 Å². The van der Waals surface area contributed by atoms with Crippen molar-refractivity contribution in [1.82, 2.24) is 9.88 Å². The summed E-state index contributed by atoms with van der Waals surface area (Å²) in [7, 11) is 1.51. The summed E-state index contributed by atoms with van der Waals surface area (Å²) >= 11 is 0. The maximum atomic E-state index is 13.1. The van der Waals surface area contributed by atoms with E-state index in [1.165, 1.54) is 7.11 Å². The van der Waals surface area contributed by atoms with Gasteiger partial charge in [-0.25, -0.2) is 4.98 Å². The highest BCUT2D eigenvalue weighted by Crippen LogP contribution is 2.32. The summed E-state index contributed by atoms with van der Waals surface area (Å²) in [5.41, 5.74) is 1.40. The number of carbonyl (C=O) groups excluding carboxylic acids is 1. The Morgan fingerprint density at radius 3 is 2.80 bits per heavy atom. The van der Waals surface area contributed by atoms with Gasteiger partial charge in [-0.3, -0.25) is 4.79 Å². The molecule has 0 unspecified atom stereocenters. The van der Waals surface area contributed by atoms with Crippen LogP contribution in [0, 0.1) is 11.3 Å². The highest BCUT2D eigenvalue weighted by Gasteiger charge is 2.35. The fourth-order valence-corrected chi connectivity index (χ4v) is 3.47. The van der Waals surface area contributed by atoms with Crippen LogP contribution in [0.5, 0.6) is 5.88 Å². The number of likely N-dealkylation sites (tertiary alicyclic amines) is 1. The number of methoxy groups -OCH3 is 1. The number of carbonyl (C=O) groups is 1. The number of hydrogen-bond acceptors (Lipinski definition) is 4. The van der Waals surface area contributed by atoms with Gasteiger partial charge in [-0.2, -0.15) is 5.26 Å². The van der Waals surface area contributed by atoms with E-state index in [-0.39, 0.29) is 17.9 Å². The highest BCUT2D eigenvalue weighted by molar-refractivity contribution is 5.96. The molecule has 5 heteroatoms. The molecular formula is C20H21N3O2. The molecule has 3 rings (SSSR count). The van der Waals surface area contributed by atoms with E-state index in [0.29, 0.717) is 18.0 Å². The fraction of sp³-hybridized carbons (Fsp3) is 0.350. The van der Waals surface area contributed by atoms with Gasteiger partial charge in [0.2, 0.25) is 5.88 Å². The van der Waals surface area contributed by atoms with Gasteiger partial charge in [0, 0.05) is 12.7 Å². The molecule has 0 bridgehead atoms. The van der Waals surface area contributed by atoms with Gasteiger partial charge < -0.3 is 9.64 Å². The Morgan fingerprint density at radius 1 is 1.28 bits per heavy atom. The summed E-state index contributed by atoms with van der Waals surface area (Å²) in [5.74, 6) is -0.135. The molecule has 0 spiro atoms. The largest absolute Gasteiger partial charge is 0.480 e. The monoisotopic (exact) mass is 335 g/mol. The third-order valence-corrected chi connectivity index (χ3v) is 4.69. The number of nitriles is 1. The molecule has 1 aromatic carbocycles. The van der Waals surface area contributed by atoms with Gasteiger partial charge in [0.25, 0.3) is 5.91 Å². The van der Waals surface area contributed by atoms with Crippen molar-refractivity contribution in [2.75, 3.05) is 13.7 Å². The summed E-state index contributed by atoms with van der Waals surface area (Å²) in [6, 6.07) is 15.4. The van der Waals surface area contributed by atoms with E-state index in [2.05, 4.69) is 11.1 Å². The first-order valence-corrected chi connectivity index (χ1v) is 8.50. The zero-order valence-electron chi connectivity index (χ0n) is 14.3. The van der Waals surface area contributed by atoms with Gasteiger partial charge in [-0.1, -0.05) is 30.3 Å². The van der Waals surface area contributed by atoms with Crippen LogP contribution in [0.3, 0.4) is 0 Å². The van der Waals surface area contributed by atoms with Crippen molar-refractivity contribution >= 4 is 5.91 Å². The lowest BCUT2D eigenvalue weighted by molar-refractivity contribution is 0.0592. The van der Waals surface area contributed by atoms with Crippen LogP contribution < -0.4 is 4.74 Å². The number of ether oxygens (including phenoxy) is 1. The molecule has 25 heavy (non-hydrogen) atoms. The summed E-state index contributed by atoms with van der Waals surface area (Å²) in [6.45, 7) is 0.645. The van der Waals surface area contributed by atoms with Crippen LogP contribution >= 0.6 is 0 Å². The number of hydrogen-bond donors (Lipinski definition) is 0. The molecule has 2 aromatic rings. The zero-order valence-corrected chi connectivity index (χ0v) is 14.3. The highest BCUT2D eigenvalue weighted by atomic mass is 16.5. The molecule has 0 N–H and O–H groups in total. The summed E-state index contributed by atoms with van der Waals surface area (Å²) in [4.78, 5) is 19.1. The van der Waals surface area contributed by atoms with Crippen molar-refractivity contribution in [2.24, 2.45) is 0 Å². The van der Waals surface area contributed by atoms with Crippen molar-refractivity contribution in [2.45, 2.75) is 31.2 Å². The molecule has 0 radical (unpaired) electrons. The Labute approximate surface area is 147 Å². The summed E-state index contributed by atoms with van der Waals surface area (Å²) in [6.07, 6.45) is 4.38. The number of benzene rings is 1. The average molecular weight is 335 g/mol. The Hall–Kier alpha value is -2.87. The zero-order chi connectivity index (χ0) is 17.6. The third kappa shape index (κ3) is 3.48. The number of piperidine rings is 1. The first kappa shape index (κ1) is 17.0. The summed E-state index contributed by atoms with van der Waals surface area (Å²) in [5, 5.41) is 9.78. The molecule has 1 aliphatic heterocycles. The van der Waals surface area contributed by atoms with Crippen molar-refractivity contribution in [3.8, 4) is 11.9 Å². The molecule has 1 aliphatic rings. The SMILES string of the molecule is COc1ncccc1C(=O)N1CCCC[C@H]1[C@H](C#N)c1ccccc1. The van der Waals surface area contributed by atoms with E-state index in [1.54, 1.807) is 18.3 Å². The van der Waals surface area contributed by atoms with E-state index in [0.717, 1.165) is 24.8 Å². The normalized spacial score (nSPS) is 18.2. The van der Waals surface area contributed by atoms with Crippen molar-refractivity contribution in [3.05, 3.63) is 59.8 Å². The van der Waals surface area contributed by atoms with Crippen LogP contribution in [0.1, 0.15) is 41.1 Å². The van der Waals surface area contributed by atoms with E-state index < -0.39 is 0 Å². The lowest BCUT2D eigenvalue weighted by atomic mass is 9.85. The van der Waals surface area contributed by atoms with Crippen molar-refractivity contribution in [1.29, 1.82) is 5.26 Å². The molecule has 128 valence electrons. The van der Waals surface area contributed by atoms with Crippen molar-refractivity contribution in [3.63, 3.8) is 0 Å². The van der Waals surface area contributed by atoms with E-state index >= 15 is 0 Å². The van der Waals surface area contributed by atoms with Crippen LogP contribution in [0.2, 0.25) is 0 Å². The number of amides is 1. The lowest BCUT2D eigenvalue weighted by Gasteiger charge is -2.38. The van der Waals surface area contributed by atoms with E-state index in [1.807, 2.05) is 35.2 Å². The predicted octanol–water partition coefficient (Wildman–Crippen LogP) is 3.39. The average Bonchev–Trinajstić information content (AvgIpc) is 2.69. The van der Waals surface area contributed by atoms with Gasteiger partial charge >= 0.3 is 0 Å².